The molecular weight excluding hydrogens is 408 g/mol. The Kier molecular flexibility index (Phi) is 5.31. The van der Waals surface area contributed by atoms with Crippen LogP contribution < -0.4 is 10.1 Å². The predicted octanol–water partition coefficient (Wildman–Crippen LogP) is 2.47. The van der Waals surface area contributed by atoms with E-state index in [2.05, 4.69) is 25.4 Å². The molecule has 0 aliphatic carbocycles. The first kappa shape index (κ1) is 20.1. The zero-order valence-corrected chi connectivity index (χ0v) is 17.4. The van der Waals surface area contributed by atoms with Crippen LogP contribution in [0.25, 0.3) is 17.1 Å². The average molecular weight is 428 g/mol. The van der Waals surface area contributed by atoms with Crippen LogP contribution >= 0.6 is 11.8 Å². The first-order valence-corrected chi connectivity index (χ1v) is 10.1. The van der Waals surface area contributed by atoms with Crippen molar-refractivity contribution in [3.63, 3.8) is 0 Å². The minimum atomic E-state index is -1.25. The van der Waals surface area contributed by atoms with Gasteiger partial charge in [-0.25, -0.2) is 14.5 Å². The first-order chi connectivity index (χ1) is 14.4. The van der Waals surface area contributed by atoms with Crippen molar-refractivity contribution in [2.75, 3.05) is 24.8 Å². The Morgan fingerprint density at radius 2 is 2.17 bits per heavy atom. The van der Waals surface area contributed by atoms with Crippen LogP contribution in [0.3, 0.4) is 0 Å². The van der Waals surface area contributed by atoms with Crippen LogP contribution in [0.1, 0.15) is 22.5 Å². The van der Waals surface area contributed by atoms with Crippen LogP contribution in [0.2, 0.25) is 0 Å². The number of pyridine rings is 1. The van der Waals surface area contributed by atoms with Gasteiger partial charge >= 0.3 is 6.09 Å². The van der Waals surface area contributed by atoms with Crippen molar-refractivity contribution in [1.82, 2.24) is 24.7 Å². The molecule has 1 aliphatic heterocycles. The van der Waals surface area contributed by atoms with Gasteiger partial charge in [0.05, 0.1) is 37.0 Å². The van der Waals surface area contributed by atoms with Crippen LogP contribution in [0, 0.1) is 13.8 Å². The zero-order valence-electron chi connectivity index (χ0n) is 16.6. The van der Waals surface area contributed by atoms with Gasteiger partial charge < -0.3 is 14.9 Å². The third kappa shape index (κ3) is 3.57. The summed E-state index contributed by atoms with van der Waals surface area (Å²) in [5, 5.41) is 26.9. The number of carboxylic acid groups (broad SMARTS) is 1. The number of hydrogen-bond acceptors (Lipinski definition) is 8. The molecule has 1 aliphatic rings. The highest BCUT2D eigenvalue weighted by atomic mass is 32.2. The second-order valence-corrected chi connectivity index (χ2v) is 7.78. The zero-order chi connectivity index (χ0) is 21.4. The molecule has 1 amide bonds. The van der Waals surface area contributed by atoms with E-state index in [1.54, 1.807) is 18.0 Å². The molecule has 3 aromatic rings. The molecule has 10 nitrogen and oxygen atoms in total. The summed E-state index contributed by atoms with van der Waals surface area (Å²) in [5.41, 5.74) is 4.51. The predicted molar refractivity (Wildman–Crippen MR) is 112 cm³/mol. The van der Waals surface area contributed by atoms with Crippen LogP contribution in [0.4, 0.5) is 10.7 Å². The van der Waals surface area contributed by atoms with Crippen LogP contribution in [-0.4, -0.2) is 60.5 Å². The lowest BCUT2D eigenvalue weighted by Gasteiger charge is -2.13. The molecule has 3 aromatic heterocycles. The number of rotatable bonds is 5. The molecule has 0 saturated heterocycles. The van der Waals surface area contributed by atoms with Gasteiger partial charge in [-0.05, 0) is 25.5 Å². The van der Waals surface area contributed by atoms with E-state index in [4.69, 9.17) is 9.84 Å². The number of carbonyl (C=O) groups is 1. The summed E-state index contributed by atoms with van der Waals surface area (Å²) in [6, 6.07) is 0. The number of anilines is 1. The molecule has 4 rings (SSSR count). The molecule has 0 fully saturated rings. The normalized spacial score (nSPS) is 13.1. The minimum Gasteiger partial charge on any atom is -0.496 e. The van der Waals surface area contributed by atoms with E-state index in [1.807, 2.05) is 19.9 Å². The van der Waals surface area contributed by atoms with Crippen LogP contribution in [-0.2, 0) is 6.54 Å². The topological polar surface area (TPSA) is 135 Å². The van der Waals surface area contributed by atoms with Crippen molar-refractivity contribution in [3.8, 4) is 5.75 Å². The first-order valence-electron chi connectivity index (χ1n) is 9.12. The second-order valence-electron chi connectivity index (χ2n) is 6.82. The Hall–Kier alpha value is -3.18. The second kappa shape index (κ2) is 7.92. The molecule has 156 valence electrons. The Bertz CT molecular complexity index is 1190. The summed E-state index contributed by atoms with van der Waals surface area (Å²) in [7, 11) is 1.62. The molecule has 0 unspecified atom stereocenters. The molecule has 0 radical (unpaired) electrons. The third-order valence-electron chi connectivity index (χ3n) is 4.79. The van der Waals surface area contributed by atoms with Gasteiger partial charge in [0, 0.05) is 23.1 Å². The summed E-state index contributed by atoms with van der Waals surface area (Å²) < 4.78 is 7.16. The molecular formula is C19H20N6O4S. The lowest BCUT2D eigenvalue weighted by molar-refractivity contribution is 0.209. The Labute approximate surface area is 176 Å². The van der Waals surface area contributed by atoms with E-state index in [-0.39, 0.29) is 12.6 Å². The molecule has 0 spiro atoms. The number of thioether (sulfide) groups is 1. The fourth-order valence-corrected chi connectivity index (χ4v) is 4.38. The standard InChI is InChI=1S/C19H20N6O4S/c1-9-5-20-13(10(2)15(9)29-3)6-25-16-14-12(24-25)4-11(7-26)8-30-17(14)22-18(21-16)23-19(27)28/h4-5,26H,6-8H2,1-3H3,(H,27,28)(H,21,22,23). The SMILES string of the molecule is COc1c(C)cnc(Cn2nc3c4c(nc(NC(=O)O)nc42)SCC(CO)=C3)c1C. The summed E-state index contributed by atoms with van der Waals surface area (Å²) in [5.74, 6) is 1.27. The van der Waals surface area contributed by atoms with E-state index in [1.165, 1.54) is 11.8 Å². The Morgan fingerprint density at radius 1 is 1.37 bits per heavy atom. The van der Waals surface area contributed by atoms with Crippen molar-refractivity contribution in [2.24, 2.45) is 0 Å². The minimum absolute atomic E-state index is 0.0242. The lowest BCUT2D eigenvalue weighted by atomic mass is 10.1. The molecule has 3 N–H and O–H groups in total. The van der Waals surface area contributed by atoms with Gasteiger partial charge in [0.1, 0.15) is 10.8 Å². The van der Waals surface area contributed by atoms with Gasteiger partial charge in [-0.3, -0.25) is 10.3 Å². The van der Waals surface area contributed by atoms with E-state index < -0.39 is 6.09 Å². The number of aliphatic hydroxyl groups is 1. The number of hydrogen-bond donors (Lipinski definition) is 3. The van der Waals surface area contributed by atoms with Crippen molar-refractivity contribution < 1.29 is 19.7 Å². The van der Waals surface area contributed by atoms with E-state index in [0.717, 1.165) is 33.5 Å². The van der Waals surface area contributed by atoms with Crippen LogP contribution in [0.15, 0.2) is 16.8 Å². The van der Waals surface area contributed by atoms with Crippen molar-refractivity contribution in [2.45, 2.75) is 25.4 Å². The Morgan fingerprint density at radius 3 is 2.87 bits per heavy atom. The van der Waals surface area contributed by atoms with Gasteiger partial charge in [-0.15, -0.1) is 11.8 Å². The molecule has 0 saturated carbocycles. The number of nitrogens with one attached hydrogen (secondary N) is 1. The number of methoxy groups -OCH3 is 1. The Balaban J connectivity index is 1.88. The largest absolute Gasteiger partial charge is 0.496 e. The third-order valence-corrected chi connectivity index (χ3v) is 5.88. The number of aromatic nitrogens is 5. The highest BCUT2D eigenvalue weighted by Gasteiger charge is 2.23. The van der Waals surface area contributed by atoms with Gasteiger partial charge in [0.15, 0.2) is 5.65 Å². The molecule has 0 aromatic carbocycles. The highest BCUT2D eigenvalue weighted by Crippen LogP contribution is 2.35. The van der Waals surface area contributed by atoms with E-state index in [0.29, 0.717) is 28.7 Å². The highest BCUT2D eigenvalue weighted by molar-refractivity contribution is 7.99. The maximum atomic E-state index is 11.1. The van der Waals surface area contributed by atoms with E-state index in [9.17, 15) is 9.90 Å². The molecule has 30 heavy (non-hydrogen) atoms. The summed E-state index contributed by atoms with van der Waals surface area (Å²) in [6.45, 7) is 4.08. The van der Waals surface area contributed by atoms with Crippen molar-refractivity contribution >= 4 is 40.9 Å². The number of aliphatic hydroxyl groups excluding tert-OH is 1. The van der Waals surface area contributed by atoms with E-state index >= 15 is 0 Å². The van der Waals surface area contributed by atoms with Gasteiger partial charge in [0.25, 0.3) is 0 Å². The monoisotopic (exact) mass is 428 g/mol. The fourth-order valence-electron chi connectivity index (χ4n) is 3.39. The molecule has 0 atom stereocenters. The molecule has 4 heterocycles. The molecule has 11 heteroatoms. The number of amides is 1. The smallest absolute Gasteiger partial charge is 0.411 e. The fraction of sp³-hybridized carbons (Fsp3) is 0.316. The summed E-state index contributed by atoms with van der Waals surface area (Å²) in [6.07, 6.45) is 2.32. The quantitative estimate of drug-likeness (QED) is 0.524. The lowest BCUT2D eigenvalue weighted by Crippen LogP contribution is -2.13. The maximum absolute atomic E-state index is 11.1. The average Bonchev–Trinajstić information content (AvgIpc) is 2.93. The number of aryl methyl sites for hydroxylation is 1. The number of nitrogens with zero attached hydrogens (tertiary/aromatic N) is 5. The molecule has 0 bridgehead atoms. The van der Waals surface area contributed by atoms with Crippen molar-refractivity contribution in [1.29, 1.82) is 0 Å². The van der Waals surface area contributed by atoms with Gasteiger partial charge in [-0.2, -0.15) is 10.1 Å². The number of ether oxygens (including phenoxy) is 1. The van der Waals surface area contributed by atoms with Gasteiger partial charge in [-0.1, -0.05) is 0 Å². The van der Waals surface area contributed by atoms with Crippen LogP contribution in [0.5, 0.6) is 5.75 Å². The van der Waals surface area contributed by atoms with Gasteiger partial charge in [0.2, 0.25) is 5.95 Å². The maximum Gasteiger partial charge on any atom is 0.411 e. The summed E-state index contributed by atoms with van der Waals surface area (Å²) in [4.78, 5) is 24.4. The van der Waals surface area contributed by atoms with Crippen molar-refractivity contribution in [3.05, 3.63) is 34.3 Å². The summed E-state index contributed by atoms with van der Waals surface area (Å²) >= 11 is 1.41.